The molecule has 0 fully saturated rings. The van der Waals surface area contributed by atoms with Gasteiger partial charge in [-0.2, -0.15) is 8.75 Å². The fourth-order valence-electron chi connectivity index (χ4n) is 3.12. The van der Waals surface area contributed by atoms with Gasteiger partial charge < -0.3 is 5.32 Å². The molecule has 0 spiro atoms. The smallest absolute Gasteiger partial charge is 0.264 e. The highest BCUT2D eigenvalue weighted by Gasteiger charge is 2.19. The van der Waals surface area contributed by atoms with Gasteiger partial charge in [0.2, 0.25) is 0 Å². The molecule has 5 rings (SSSR count). The van der Waals surface area contributed by atoms with Crippen LogP contribution < -0.4 is 10.0 Å². The van der Waals surface area contributed by atoms with Gasteiger partial charge in [0.25, 0.3) is 10.0 Å². The molecule has 0 unspecified atom stereocenters. The van der Waals surface area contributed by atoms with Crippen LogP contribution in [-0.4, -0.2) is 36.7 Å². The molecule has 0 saturated carbocycles. The van der Waals surface area contributed by atoms with E-state index in [1.807, 2.05) is 6.92 Å². The van der Waals surface area contributed by atoms with Crippen molar-refractivity contribution in [3.05, 3.63) is 73.1 Å². The lowest BCUT2D eigenvalue weighted by Crippen LogP contribution is -2.13. The third-order valence-corrected chi connectivity index (χ3v) is 6.50. The Morgan fingerprint density at radius 2 is 1.81 bits per heavy atom. The third-order valence-electron chi connectivity index (χ3n) is 4.54. The van der Waals surface area contributed by atoms with Crippen LogP contribution in [0.1, 0.15) is 5.82 Å². The van der Waals surface area contributed by atoms with E-state index in [2.05, 4.69) is 33.7 Å². The molecule has 3 heterocycles. The zero-order valence-corrected chi connectivity index (χ0v) is 18.3. The summed E-state index contributed by atoms with van der Waals surface area (Å²) in [5.41, 5.74) is 2.07. The number of fused-ring (bicyclic) bond motifs is 1. The normalized spacial score (nSPS) is 11.5. The number of anilines is 3. The van der Waals surface area contributed by atoms with Gasteiger partial charge in [-0.05, 0) is 43.3 Å². The summed E-state index contributed by atoms with van der Waals surface area (Å²) in [5, 5.41) is 3.21. The van der Waals surface area contributed by atoms with E-state index in [0.717, 1.165) is 17.4 Å². The number of nitrogens with zero attached hydrogens (tertiary/aromatic N) is 6. The Kier molecular flexibility index (Phi) is 4.99. The van der Waals surface area contributed by atoms with E-state index >= 15 is 0 Å². The summed E-state index contributed by atoms with van der Waals surface area (Å²) < 4.78 is 38.3. The molecule has 0 atom stereocenters. The second kappa shape index (κ2) is 7.98. The van der Waals surface area contributed by atoms with Gasteiger partial charge >= 0.3 is 0 Å². The molecule has 0 aliphatic carbocycles. The van der Waals surface area contributed by atoms with Crippen LogP contribution in [-0.2, 0) is 10.0 Å². The molecule has 5 aromatic rings. The Hall–Kier alpha value is -3.90. The van der Waals surface area contributed by atoms with Crippen LogP contribution >= 0.6 is 11.7 Å². The van der Waals surface area contributed by atoms with Gasteiger partial charge in [-0.3, -0.25) is 9.29 Å². The predicted octanol–water partition coefficient (Wildman–Crippen LogP) is 3.52. The van der Waals surface area contributed by atoms with Crippen LogP contribution in [0.25, 0.3) is 16.9 Å². The maximum absolute atomic E-state index is 12.9. The minimum Gasteiger partial charge on any atom is -0.340 e. The first-order valence-electron chi connectivity index (χ1n) is 9.43. The monoisotopic (exact) mass is 464 g/mol. The van der Waals surface area contributed by atoms with Crippen LogP contribution in [0.5, 0.6) is 0 Å². The standard InChI is InChI=1S/C20H16N8O2S2/c1-13-22-18(11-19(23-13)28-10-9-21-12-28)24-14-5-7-15(8-6-14)27-32(29,30)17-4-2-3-16-20(17)26-31-25-16/h2-12,27H,1H3,(H,22,23,24). The number of rotatable bonds is 6. The number of aromatic nitrogens is 6. The Labute approximate surface area is 187 Å². The molecule has 10 nitrogen and oxygen atoms in total. The molecular formula is C20H16N8O2S2. The zero-order chi connectivity index (χ0) is 22.1. The summed E-state index contributed by atoms with van der Waals surface area (Å²) >= 11 is 0.977. The van der Waals surface area contributed by atoms with E-state index in [9.17, 15) is 8.42 Å². The number of imidazole rings is 1. The molecule has 12 heteroatoms. The molecule has 2 aromatic carbocycles. The van der Waals surface area contributed by atoms with E-state index in [1.165, 1.54) is 6.07 Å². The van der Waals surface area contributed by atoms with Crippen LogP contribution in [0.4, 0.5) is 17.2 Å². The summed E-state index contributed by atoms with van der Waals surface area (Å²) in [4.78, 5) is 12.9. The van der Waals surface area contributed by atoms with Crippen molar-refractivity contribution in [1.29, 1.82) is 0 Å². The summed E-state index contributed by atoms with van der Waals surface area (Å²) in [6, 6.07) is 13.5. The van der Waals surface area contributed by atoms with Gasteiger partial charge in [-0.1, -0.05) is 6.07 Å². The van der Waals surface area contributed by atoms with Gasteiger partial charge in [-0.15, -0.1) is 0 Å². The van der Waals surface area contributed by atoms with Gasteiger partial charge in [0.1, 0.15) is 39.7 Å². The topological polar surface area (TPSA) is 128 Å². The quantitative estimate of drug-likeness (QED) is 0.391. The Morgan fingerprint density at radius 1 is 1.00 bits per heavy atom. The van der Waals surface area contributed by atoms with Crippen LogP contribution in [0.15, 0.2) is 72.1 Å². The molecule has 3 aromatic heterocycles. The largest absolute Gasteiger partial charge is 0.340 e. The molecule has 160 valence electrons. The number of hydrogen-bond donors (Lipinski definition) is 2. The van der Waals surface area contributed by atoms with Crippen molar-refractivity contribution in [1.82, 2.24) is 28.3 Å². The molecule has 0 aliphatic rings. The maximum atomic E-state index is 12.9. The lowest BCUT2D eigenvalue weighted by atomic mass is 10.3. The molecule has 2 N–H and O–H groups in total. The van der Waals surface area contributed by atoms with Crippen molar-refractivity contribution in [2.45, 2.75) is 11.8 Å². The van der Waals surface area contributed by atoms with Crippen molar-refractivity contribution >= 4 is 50.0 Å². The second-order valence-corrected chi connectivity index (χ2v) is 9.00. The first-order valence-corrected chi connectivity index (χ1v) is 11.6. The molecule has 0 bridgehead atoms. The SMILES string of the molecule is Cc1nc(Nc2ccc(NS(=O)(=O)c3cccc4nsnc34)cc2)cc(-n2ccnc2)n1. The Bertz CT molecular complexity index is 1500. The van der Waals surface area contributed by atoms with Crippen molar-refractivity contribution < 1.29 is 8.42 Å². The number of aryl methyl sites for hydroxylation is 1. The summed E-state index contributed by atoms with van der Waals surface area (Å²) in [7, 11) is -3.81. The molecule has 0 saturated heterocycles. The minimum absolute atomic E-state index is 0.0921. The van der Waals surface area contributed by atoms with Gasteiger partial charge in [0.15, 0.2) is 0 Å². The van der Waals surface area contributed by atoms with E-state index in [1.54, 1.807) is 65.8 Å². The number of benzene rings is 2. The molecule has 0 radical (unpaired) electrons. The fraction of sp³-hybridized carbons (Fsp3) is 0.0500. The van der Waals surface area contributed by atoms with Crippen LogP contribution in [0.2, 0.25) is 0 Å². The van der Waals surface area contributed by atoms with E-state index < -0.39 is 10.0 Å². The van der Waals surface area contributed by atoms with Crippen molar-refractivity contribution in [2.24, 2.45) is 0 Å². The molecule has 32 heavy (non-hydrogen) atoms. The minimum atomic E-state index is -3.81. The van der Waals surface area contributed by atoms with Gasteiger partial charge in [-0.25, -0.2) is 23.4 Å². The number of sulfonamides is 1. The predicted molar refractivity (Wildman–Crippen MR) is 122 cm³/mol. The highest BCUT2D eigenvalue weighted by molar-refractivity contribution is 7.93. The van der Waals surface area contributed by atoms with Gasteiger partial charge in [0.05, 0.1) is 11.7 Å². The zero-order valence-electron chi connectivity index (χ0n) is 16.7. The van der Waals surface area contributed by atoms with Crippen molar-refractivity contribution in [3.8, 4) is 5.82 Å². The Morgan fingerprint density at radius 3 is 2.59 bits per heavy atom. The van der Waals surface area contributed by atoms with Crippen molar-refractivity contribution in [2.75, 3.05) is 10.0 Å². The third kappa shape index (κ3) is 4.00. The first kappa shape index (κ1) is 20.0. The molecule has 0 aliphatic heterocycles. The second-order valence-electron chi connectivity index (χ2n) is 6.82. The highest BCUT2D eigenvalue weighted by Crippen LogP contribution is 2.25. The molecule has 0 amide bonds. The average molecular weight is 465 g/mol. The first-order chi connectivity index (χ1) is 15.5. The van der Waals surface area contributed by atoms with E-state index in [0.29, 0.717) is 34.2 Å². The molecular weight excluding hydrogens is 448 g/mol. The number of nitrogens with one attached hydrogen (secondary N) is 2. The van der Waals surface area contributed by atoms with Crippen LogP contribution in [0.3, 0.4) is 0 Å². The highest BCUT2D eigenvalue weighted by atomic mass is 32.2. The average Bonchev–Trinajstić information content (AvgIpc) is 3.46. The van der Waals surface area contributed by atoms with Crippen molar-refractivity contribution in [3.63, 3.8) is 0 Å². The Balaban J connectivity index is 1.35. The lowest BCUT2D eigenvalue weighted by molar-refractivity contribution is 0.602. The summed E-state index contributed by atoms with van der Waals surface area (Å²) in [5.74, 6) is 1.90. The summed E-state index contributed by atoms with van der Waals surface area (Å²) in [6.45, 7) is 1.81. The van der Waals surface area contributed by atoms with E-state index in [-0.39, 0.29) is 4.90 Å². The van der Waals surface area contributed by atoms with Gasteiger partial charge in [0, 0.05) is 29.8 Å². The number of hydrogen-bond acceptors (Lipinski definition) is 9. The lowest BCUT2D eigenvalue weighted by Gasteiger charge is -2.11. The summed E-state index contributed by atoms with van der Waals surface area (Å²) in [6.07, 6.45) is 5.14. The fourth-order valence-corrected chi connectivity index (χ4v) is 4.95. The maximum Gasteiger partial charge on any atom is 0.264 e. The van der Waals surface area contributed by atoms with E-state index in [4.69, 9.17) is 0 Å². The van der Waals surface area contributed by atoms with Crippen LogP contribution in [0, 0.1) is 6.92 Å².